The predicted octanol–water partition coefficient (Wildman–Crippen LogP) is -1.44. The summed E-state index contributed by atoms with van der Waals surface area (Å²) in [6, 6.07) is 0. The van der Waals surface area contributed by atoms with Crippen LogP contribution in [0.4, 0.5) is 0 Å². The minimum atomic E-state index is -2.01. The number of rotatable bonds is 14. The third-order valence-corrected chi connectivity index (χ3v) is 9.37. The number of carbonyl (C=O) groups is 7. The van der Waals surface area contributed by atoms with E-state index in [1.54, 1.807) is 6.92 Å². The Balaban J connectivity index is 1.39. The van der Waals surface area contributed by atoms with Crippen LogP contribution in [-0.2, 0) is 109 Å². The largest absolute Gasteiger partial charge is 0.463 e. The van der Waals surface area contributed by atoms with E-state index >= 15 is 0 Å². The van der Waals surface area contributed by atoms with Crippen LogP contribution in [0.5, 0.6) is 0 Å². The molecule has 24 nitrogen and oxygen atoms in total. The van der Waals surface area contributed by atoms with Crippen LogP contribution in [0.25, 0.3) is 0 Å². The zero-order valence-electron chi connectivity index (χ0n) is 34.2. The molecule has 0 aromatic carbocycles. The molecular weight excluding hydrogens is 816 g/mol. The molecule has 5 saturated heterocycles. The van der Waals surface area contributed by atoms with Gasteiger partial charge in [-0.1, -0.05) is 0 Å². The smallest absolute Gasteiger partial charge is 0.303 e. The average Bonchev–Trinajstić information content (AvgIpc) is 3.67. The van der Waals surface area contributed by atoms with Gasteiger partial charge in [0, 0.05) is 55.4 Å². The highest BCUT2D eigenvalue weighted by Crippen LogP contribution is 2.41. The van der Waals surface area contributed by atoms with Crippen LogP contribution in [0, 0.1) is 0 Å². The topological polar surface area (TPSA) is 287 Å². The van der Waals surface area contributed by atoms with Crippen molar-refractivity contribution in [3.05, 3.63) is 0 Å². The number of aliphatic hydroxyl groups is 1. The standard InChI is InChI=1S/C36H50O24/c1-13(37)45-10-22-25(48-15(3)39)28(50-17(5)41)31(52-19(7)43)34(56-22)58-27-24(44)21(55-33-30(27)53-20(8)54-33)12-47-36(9)59-32-29(51-18(6)42)26(49-16(4)40)23(11-46-14(2)38)57-35(32)60-36/h20-35,44H,10-12H2,1-9H3/t20-,21+,22+,23+,24+,25+,26+,27-,28-,29-,30+,31+,32+,33-,34-,35+,36-/m0/s1. The van der Waals surface area contributed by atoms with Gasteiger partial charge in [-0.25, -0.2) is 0 Å². The highest BCUT2D eigenvalue weighted by Gasteiger charge is 2.61. The molecule has 60 heavy (non-hydrogen) atoms. The Bertz CT molecular complexity index is 1600. The van der Waals surface area contributed by atoms with Gasteiger partial charge in [-0.15, -0.1) is 0 Å². The van der Waals surface area contributed by atoms with Crippen LogP contribution in [0.2, 0.25) is 0 Å². The fourth-order valence-corrected chi connectivity index (χ4v) is 7.21. The lowest BCUT2D eigenvalue weighted by Gasteiger charge is -2.47. The molecule has 338 valence electrons. The molecule has 5 aliphatic heterocycles. The van der Waals surface area contributed by atoms with Gasteiger partial charge in [0.15, 0.2) is 61.8 Å². The van der Waals surface area contributed by atoms with Crippen molar-refractivity contribution in [1.82, 2.24) is 0 Å². The zero-order valence-corrected chi connectivity index (χ0v) is 34.2. The molecule has 17 atom stereocenters. The molecule has 1 N–H and O–H groups in total. The zero-order chi connectivity index (χ0) is 44.2. The van der Waals surface area contributed by atoms with Crippen LogP contribution < -0.4 is 0 Å². The molecule has 0 aliphatic carbocycles. The van der Waals surface area contributed by atoms with Crippen molar-refractivity contribution in [2.75, 3.05) is 19.8 Å². The summed E-state index contributed by atoms with van der Waals surface area (Å²) in [6.45, 7) is 9.08. The Hall–Kier alpha value is -4.11. The summed E-state index contributed by atoms with van der Waals surface area (Å²) in [4.78, 5) is 84.7. The summed E-state index contributed by atoms with van der Waals surface area (Å²) in [6.07, 6.45) is -21.9. The van der Waals surface area contributed by atoms with Crippen LogP contribution in [0.3, 0.4) is 0 Å². The maximum Gasteiger partial charge on any atom is 0.303 e. The molecule has 0 spiro atoms. The molecule has 0 aromatic rings. The fraction of sp³-hybridized carbons (Fsp3) is 0.806. The van der Waals surface area contributed by atoms with E-state index in [9.17, 15) is 38.7 Å². The van der Waals surface area contributed by atoms with E-state index in [2.05, 4.69) is 0 Å². The molecule has 0 saturated carbocycles. The lowest BCUT2D eigenvalue weighted by atomic mass is 9.96. The first-order chi connectivity index (χ1) is 28.1. The SMILES string of the molecule is CC(=O)OC[C@H]1O[C@@H](O[C@H]2[C@H](O)[C@@H](CO[C@]3(C)O[C@H]4O[C@H](COC(C)=O)[C@@H](OC(C)=O)[C@H](OC(C)=O)[C@H]4O3)O[C@@H]3O[C@@H](C)O[C@@H]32)[C@H](OC(C)=O)[C@@H](OC(C)=O)[C@@H]1OC(C)=O. The van der Waals surface area contributed by atoms with E-state index in [0.29, 0.717) is 0 Å². The molecule has 0 amide bonds. The Morgan fingerprint density at radius 3 is 1.53 bits per heavy atom. The van der Waals surface area contributed by atoms with Crippen molar-refractivity contribution < 1.29 is 114 Å². The molecule has 5 heterocycles. The van der Waals surface area contributed by atoms with Crippen molar-refractivity contribution in [3.63, 3.8) is 0 Å². The molecule has 0 radical (unpaired) electrons. The molecule has 24 heteroatoms. The Morgan fingerprint density at radius 2 is 0.983 bits per heavy atom. The summed E-state index contributed by atoms with van der Waals surface area (Å²) in [7, 11) is 0. The normalized spacial score (nSPS) is 39.6. The minimum Gasteiger partial charge on any atom is -0.463 e. The highest BCUT2D eigenvalue weighted by molar-refractivity contribution is 5.69. The second-order valence-electron chi connectivity index (χ2n) is 14.4. The lowest BCUT2D eigenvalue weighted by molar-refractivity contribution is -0.369. The number of fused-ring (bicyclic) bond motifs is 2. The molecule has 5 rings (SSSR count). The van der Waals surface area contributed by atoms with Crippen LogP contribution in [-0.4, -0.2) is 171 Å². The van der Waals surface area contributed by atoms with Crippen molar-refractivity contribution >= 4 is 41.8 Å². The third kappa shape index (κ3) is 11.6. The summed E-state index contributed by atoms with van der Waals surface area (Å²) in [5.74, 6) is -7.55. The first-order valence-corrected chi connectivity index (χ1v) is 18.9. The van der Waals surface area contributed by atoms with Crippen LogP contribution in [0.15, 0.2) is 0 Å². The highest BCUT2D eigenvalue weighted by atomic mass is 16.9. The first-order valence-electron chi connectivity index (χ1n) is 18.9. The van der Waals surface area contributed by atoms with Gasteiger partial charge in [0.25, 0.3) is 5.97 Å². The van der Waals surface area contributed by atoms with E-state index in [1.807, 2.05) is 0 Å². The maximum absolute atomic E-state index is 12.4. The number of hydrogen-bond acceptors (Lipinski definition) is 24. The fourth-order valence-electron chi connectivity index (χ4n) is 7.21. The number of carbonyl (C=O) groups excluding carboxylic acids is 7. The quantitative estimate of drug-likeness (QED) is 0.154. The van der Waals surface area contributed by atoms with Gasteiger partial charge in [-0.3, -0.25) is 38.3 Å². The number of hydrogen-bond donors (Lipinski definition) is 1. The first kappa shape index (κ1) is 46.9. The van der Waals surface area contributed by atoms with Crippen molar-refractivity contribution in [2.24, 2.45) is 0 Å². The molecule has 0 unspecified atom stereocenters. The second-order valence-corrected chi connectivity index (χ2v) is 14.4. The maximum atomic E-state index is 12.4. The lowest BCUT2D eigenvalue weighted by Crippen LogP contribution is -2.66. The Labute approximate surface area is 342 Å². The van der Waals surface area contributed by atoms with Gasteiger partial charge in [0.2, 0.25) is 0 Å². The molecule has 5 aliphatic rings. The van der Waals surface area contributed by atoms with Crippen LogP contribution >= 0.6 is 0 Å². The molecular formula is C36H50O24. The molecule has 0 aromatic heterocycles. The van der Waals surface area contributed by atoms with Gasteiger partial charge in [-0.05, 0) is 6.92 Å². The number of esters is 7. The van der Waals surface area contributed by atoms with E-state index in [1.165, 1.54) is 6.92 Å². The van der Waals surface area contributed by atoms with Gasteiger partial charge in [-0.2, -0.15) is 0 Å². The van der Waals surface area contributed by atoms with E-state index < -0.39 is 166 Å². The Morgan fingerprint density at radius 1 is 0.500 bits per heavy atom. The molecule has 0 bridgehead atoms. The monoisotopic (exact) mass is 866 g/mol. The third-order valence-electron chi connectivity index (χ3n) is 9.37. The predicted molar refractivity (Wildman–Crippen MR) is 184 cm³/mol. The van der Waals surface area contributed by atoms with Crippen molar-refractivity contribution in [2.45, 2.75) is 167 Å². The van der Waals surface area contributed by atoms with Gasteiger partial charge >= 0.3 is 41.8 Å². The summed E-state index contributed by atoms with van der Waals surface area (Å²) < 4.78 is 91.6. The van der Waals surface area contributed by atoms with Crippen molar-refractivity contribution in [1.29, 1.82) is 0 Å². The summed E-state index contributed by atoms with van der Waals surface area (Å²) in [5, 5.41) is 11.8. The molecule has 5 fully saturated rings. The number of aliphatic hydroxyl groups excluding tert-OH is 1. The van der Waals surface area contributed by atoms with E-state index in [-0.39, 0.29) is 0 Å². The Kier molecular flexibility index (Phi) is 15.4. The van der Waals surface area contributed by atoms with E-state index in [0.717, 1.165) is 48.5 Å². The second kappa shape index (κ2) is 19.7. The van der Waals surface area contributed by atoms with Gasteiger partial charge < -0.3 is 76.2 Å². The number of ether oxygens (including phenoxy) is 16. The van der Waals surface area contributed by atoms with E-state index in [4.69, 9.17) is 75.8 Å². The van der Waals surface area contributed by atoms with Crippen molar-refractivity contribution in [3.8, 4) is 0 Å². The minimum absolute atomic E-state index is 0.415. The van der Waals surface area contributed by atoms with Gasteiger partial charge in [0.05, 0.1) is 6.61 Å². The summed E-state index contributed by atoms with van der Waals surface area (Å²) >= 11 is 0. The average molecular weight is 867 g/mol. The summed E-state index contributed by atoms with van der Waals surface area (Å²) in [5.41, 5.74) is 0. The van der Waals surface area contributed by atoms with Gasteiger partial charge in [0.1, 0.15) is 49.8 Å². The van der Waals surface area contributed by atoms with Crippen LogP contribution in [0.1, 0.15) is 62.3 Å².